The lowest BCUT2D eigenvalue weighted by Crippen LogP contribution is -2.26. The summed E-state index contributed by atoms with van der Waals surface area (Å²) in [5.74, 6) is -0.398. The maximum absolute atomic E-state index is 12.1. The van der Waals surface area contributed by atoms with E-state index in [9.17, 15) is 19.7 Å². The first-order valence-corrected chi connectivity index (χ1v) is 8.96. The van der Waals surface area contributed by atoms with Crippen LogP contribution in [0, 0.1) is 10.1 Å². The minimum atomic E-state index is -0.478. The summed E-state index contributed by atoms with van der Waals surface area (Å²) in [6.45, 7) is -0.149. The number of carbonyl (C=O) groups excluding carboxylic acids is 1. The van der Waals surface area contributed by atoms with Gasteiger partial charge in [-0.05, 0) is 22.0 Å². The van der Waals surface area contributed by atoms with Gasteiger partial charge in [0.05, 0.1) is 10.6 Å². The molecule has 0 saturated heterocycles. The van der Waals surface area contributed by atoms with Gasteiger partial charge in [0.25, 0.3) is 11.2 Å². The van der Waals surface area contributed by atoms with Gasteiger partial charge in [0, 0.05) is 39.8 Å². The van der Waals surface area contributed by atoms with Crippen LogP contribution in [-0.4, -0.2) is 20.4 Å². The number of amides is 1. The van der Waals surface area contributed by atoms with Crippen LogP contribution in [0.5, 0.6) is 0 Å². The molecule has 2 heterocycles. The number of non-ortho nitro benzene ring substituents is 1. The second kappa shape index (κ2) is 7.58. The largest absolute Gasteiger partial charge is 0.305 e. The number of nitrogens with zero attached hydrogens (tertiary/aromatic N) is 3. The van der Waals surface area contributed by atoms with Crippen molar-refractivity contribution < 1.29 is 9.72 Å². The third-order valence-corrected chi connectivity index (χ3v) is 4.59. The third kappa shape index (κ3) is 4.21. The second-order valence-corrected chi connectivity index (χ2v) is 6.98. The molecule has 0 radical (unpaired) electrons. The molecule has 0 aliphatic heterocycles. The molecule has 8 nitrogen and oxygen atoms in total. The second-order valence-electron chi connectivity index (χ2n) is 5.21. The molecule has 0 bridgehead atoms. The van der Waals surface area contributed by atoms with Gasteiger partial charge >= 0.3 is 0 Å². The van der Waals surface area contributed by atoms with E-state index >= 15 is 0 Å². The van der Waals surface area contributed by atoms with Gasteiger partial charge in [-0.1, -0.05) is 12.1 Å². The predicted octanol–water partition coefficient (Wildman–Crippen LogP) is 3.28. The molecule has 0 atom stereocenters. The number of aromatic nitrogens is 2. The highest BCUT2D eigenvalue weighted by atomic mass is 79.9. The number of anilines is 1. The molecule has 0 fully saturated rings. The zero-order valence-electron chi connectivity index (χ0n) is 13.1. The first-order chi connectivity index (χ1) is 12.4. The molecule has 3 aromatic rings. The molecule has 1 aromatic carbocycles. The Kier molecular flexibility index (Phi) is 5.24. The monoisotopic (exact) mass is 434 g/mol. The first kappa shape index (κ1) is 18.0. The lowest BCUT2D eigenvalue weighted by atomic mass is 10.1. The molecule has 132 valence electrons. The number of benzene rings is 1. The number of carbonyl (C=O) groups is 1. The Morgan fingerprint density at radius 1 is 1.35 bits per heavy atom. The topological polar surface area (TPSA) is 107 Å². The van der Waals surface area contributed by atoms with Crippen molar-refractivity contribution in [3.63, 3.8) is 0 Å². The maximum atomic E-state index is 12.1. The van der Waals surface area contributed by atoms with Crippen LogP contribution in [0.1, 0.15) is 0 Å². The molecule has 10 heteroatoms. The Bertz CT molecular complexity index is 1050. The van der Waals surface area contributed by atoms with Crippen molar-refractivity contribution in [2.45, 2.75) is 6.54 Å². The molecular weight excluding hydrogens is 424 g/mol. The summed E-state index contributed by atoms with van der Waals surface area (Å²) in [6.07, 6.45) is 1.53. The first-order valence-electron chi connectivity index (χ1n) is 7.28. The molecule has 0 aliphatic carbocycles. The molecule has 26 heavy (non-hydrogen) atoms. The Morgan fingerprint density at radius 3 is 2.92 bits per heavy atom. The van der Waals surface area contributed by atoms with Gasteiger partial charge < -0.3 is 9.88 Å². The van der Waals surface area contributed by atoms with Crippen molar-refractivity contribution in [2.24, 2.45) is 0 Å². The van der Waals surface area contributed by atoms with Crippen LogP contribution in [0.3, 0.4) is 0 Å². The molecule has 0 aliphatic rings. The Balaban J connectivity index is 1.73. The average Bonchev–Trinajstić information content (AvgIpc) is 3.06. The van der Waals surface area contributed by atoms with Crippen LogP contribution < -0.4 is 10.9 Å². The summed E-state index contributed by atoms with van der Waals surface area (Å²) >= 11 is 4.44. The predicted molar refractivity (Wildman–Crippen MR) is 101 cm³/mol. The maximum Gasteiger partial charge on any atom is 0.270 e. The quantitative estimate of drug-likeness (QED) is 0.489. The number of nitro benzene ring substituents is 1. The third-order valence-electron chi connectivity index (χ3n) is 3.36. The Labute approximate surface area is 159 Å². The fourth-order valence-corrected chi connectivity index (χ4v) is 3.30. The number of nitro groups is 1. The van der Waals surface area contributed by atoms with Crippen LogP contribution in [0.25, 0.3) is 11.3 Å². The SMILES string of the molecule is O=C(Cn1cc(Br)ccc1=O)Nc1nc(-c2cccc([N+](=O)[O-])c2)cs1. The van der Waals surface area contributed by atoms with Gasteiger partial charge in [-0.2, -0.15) is 0 Å². The van der Waals surface area contributed by atoms with E-state index < -0.39 is 10.8 Å². The zero-order valence-corrected chi connectivity index (χ0v) is 15.5. The van der Waals surface area contributed by atoms with Gasteiger partial charge in [0.15, 0.2) is 5.13 Å². The lowest BCUT2D eigenvalue weighted by Gasteiger charge is -2.05. The van der Waals surface area contributed by atoms with Crippen LogP contribution in [-0.2, 0) is 11.3 Å². The summed E-state index contributed by atoms with van der Waals surface area (Å²) in [4.78, 5) is 38.5. The highest BCUT2D eigenvalue weighted by molar-refractivity contribution is 9.10. The van der Waals surface area contributed by atoms with E-state index in [2.05, 4.69) is 26.2 Å². The smallest absolute Gasteiger partial charge is 0.270 e. The number of pyridine rings is 1. The fraction of sp³-hybridized carbons (Fsp3) is 0.0625. The number of rotatable bonds is 5. The molecule has 2 aromatic heterocycles. The van der Waals surface area contributed by atoms with Gasteiger partial charge in [-0.25, -0.2) is 4.98 Å². The van der Waals surface area contributed by atoms with E-state index in [0.717, 1.165) is 0 Å². The minimum absolute atomic E-state index is 0.0323. The molecule has 0 spiro atoms. The van der Waals surface area contributed by atoms with Gasteiger partial charge in [-0.3, -0.25) is 19.7 Å². The van der Waals surface area contributed by atoms with Crippen molar-refractivity contribution in [2.75, 3.05) is 5.32 Å². The van der Waals surface area contributed by atoms with E-state index in [0.29, 0.717) is 20.9 Å². The summed E-state index contributed by atoms with van der Waals surface area (Å²) in [7, 11) is 0. The van der Waals surface area contributed by atoms with Crippen LogP contribution in [0.15, 0.2) is 57.2 Å². The van der Waals surface area contributed by atoms with Crippen molar-refractivity contribution >= 4 is 44.0 Å². The number of halogens is 1. The Morgan fingerprint density at radius 2 is 2.15 bits per heavy atom. The summed E-state index contributed by atoms with van der Waals surface area (Å²) in [5, 5.41) is 15.5. The standard InChI is InChI=1S/C16H11BrN4O4S/c17-11-4-5-15(23)20(7-11)8-14(22)19-16-18-13(9-26-16)10-2-1-3-12(6-10)21(24)25/h1-7,9H,8H2,(H,18,19,22). The van der Waals surface area contributed by atoms with Gasteiger partial charge in [0.1, 0.15) is 6.54 Å². The van der Waals surface area contributed by atoms with E-state index in [1.165, 1.54) is 40.3 Å². The van der Waals surface area contributed by atoms with E-state index in [1.807, 2.05) is 0 Å². The summed E-state index contributed by atoms with van der Waals surface area (Å²) in [6, 6.07) is 9.06. The van der Waals surface area contributed by atoms with Crippen molar-refractivity contribution in [3.05, 3.63) is 72.9 Å². The van der Waals surface area contributed by atoms with Crippen molar-refractivity contribution in [1.29, 1.82) is 0 Å². The molecule has 0 saturated carbocycles. The lowest BCUT2D eigenvalue weighted by molar-refractivity contribution is -0.384. The summed E-state index contributed by atoms with van der Waals surface area (Å²) < 4.78 is 1.96. The van der Waals surface area contributed by atoms with Crippen LogP contribution >= 0.6 is 27.3 Å². The van der Waals surface area contributed by atoms with Crippen molar-refractivity contribution in [3.8, 4) is 11.3 Å². The number of hydrogen-bond donors (Lipinski definition) is 1. The molecular formula is C16H11BrN4O4S. The minimum Gasteiger partial charge on any atom is -0.305 e. The van der Waals surface area contributed by atoms with Gasteiger partial charge in [0.2, 0.25) is 5.91 Å². The van der Waals surface area contributed by atoms with Gasteiger partial charge in [-0.15, -0.1) is 11.3 Å². The number of nitrogens with one attached hydrogen (secondary N) is 1. The van der Waals surface area contributed by atoms with E-state index in [1.54, 1.807) is 23.6 Å². The van der Waals surface area contributed by atoms with Crippen LogP contribution in [0.4, 0.5) is 10.8 Å². The Hall–Kier alpha value is -2.85. The number of hydrogen-bond acceptors (Lipinski definition) is 6. The van der Waals surface area contributed by atoms with E-state index in [4.69, 9.17) is 0 Å². The highest BCUT2D eigenvalue weighted by Crippen LogP contribution is 2.27. The fourth-order valence-electron chi connectivity index (χ4n) is 2.18. The average molecular weight is 435 g/mol. The van der Waals surface area contributed by atoms with Crippen molar-refractivity contribution in [1.82, 2.24) is 9.55 Å². The van der Waals surface area contributed by atoms with E-state index in [-0.39, 0.29) is 17.8 Å². The summed E-state index contributed by atoms with van der Waals surface area (Å²) in [5.41, 5.74) is 0.780. The normalized spacial score (nSPS) is 10.5. The highest BCUT2D eigenvalue weighted by Gasteiger charge is 2.12. The molecule has 3 rings (SSSR count). The zero-order chi connectivity index (χ0) is 18.7. The molecule has 1 N–H and O–H groups in total. The molecule has 1 amide bonds. The molecule has 0 unspecified atom stereocenters. The number of thiazole rings is 1. The van der Waals surface area contributed by atoms with Crippen LogP contribution in [0.2, 0.25) is 0 Å².